The number of pyridine rings is 1. The molecule has 7 heteroatoms. The van der Waals surface area contributed by atoms with Gasteiger partial charge >= 0.3 is 5.97 Å². The number of benzene rings is 1. The first-order valence-electron chi connectivity index (χ1n) is 13.2. The van der Waals surface area contributed by atoms with Crippen LogP contribution in [0.4, 0.5) is 0 Å². The summed E-state index contributed by atoms with van der Waals surface area (Å²) in [6.07, 6.45) is 4.36. The number of hydrogen-bond donors (Lipinski definition) is 1. The zero-order chi connectivity index (χ0) is 26.5. The lowest BCUT2D eigenvalue weighted by atomic mass is 9.73. The molecule has 0 radical (unpaired) electrons. The molecule has 0 spiro atoms. The lowest BCUT2D eigenvalue weighted by Crippen LogP contribution is -2.57. The zero-order valence-electron chi connectivity index (χ0n) is 22.8. The number of methoxy groups -OCH3 is 1. The van der Waals surface area contributed by atoms with Crippen molar-refractivity contribution in [2.45, 2.75) is 95.3 Å². The Hall–Kier alpha value is -2.67. The van der Waals surface area contributed by atoms with Crippen LogP contribution < -0.4 is 9.74 Å². The van der Waals surface area contributed by atoms with E-state index in [2.05, 4.69) is 76.1 Å². The fourth-order valence-corrected chi connectivity index (χ4v) is 11.5. The second-order valence-electron chi connectivity index (χ2n) is 11.0. The molecule has 0 aliphatic heterocycles. The van der Waals surface area contributed by atoms with E-state index in [1.54, 1.807) is 24.4 Å². The number of aromatic nitrogens is 1. The van der Waals surface area contributed by atoms with E-state index in [1.807, 2.05) is 0 Å². The Morgan fingerprint density at radius 3 is 2.17 bits per heavy atom. The number of nitrogens with zero attached hydrogens (tertiary/aromatic N) is 1. The maximum absolute atomic E-state index is 13.0. The van der Waals surface area contributed by atoms with Crippen molar-refractivity contribution in [3.8, 4) is 5.75 Å². The molecule has 0 unspecified atom stereocenters. The van der Waals surface area contributed by atoms with Crippen molar-refractivity contribution in [1.29, 1.82) is 0 Å². The number of carbonyl (C=O) groups is 2. The Kier molecular flexibility index (Phi) is 8.98. The Morgan fingerprint density at radius 1 is 1.00 bits per heavy atom. The number of hydrogen-bond acceptors (Lipinski definition) is 5. The smallest absolute Gasteiger partial charge is 0.331 e. The van der Waals surface area contributed by atoms with Crippen LogP contribution in [0, 0.1) is 0 Å². The van der Waals surface area contributed by atoms with Crippen LogP contribution in [0.5, 0.6) is 5.75 Å². The van der Waals surface area contributed by atoms with Crippen LogP contribution in [-0.4, -0.2) is 37.8 Å². The van der Waals surface area contributed by atoms with Gasteiger partial charge in [-0.05, 0) is 78.1 Å². The molecule has 1 aromatic carbocycles. The third kappa shape index (κ3) is 5.66. The molecular formula is C29H42N2O4Si. The van der Waals surface area contributed by atoms with Crippen molar-refractivity contribution in [2.24, 2.45) is 0 Å². The van der Waals surface area contributed by atoms with Crippen molar-refractivity contribution in [3.05, 3.63) is 59.9 Å². The van der Waals surface area contributed by atoms with Crippen LogP contribution in [0.25, 0.3) is 0 Å². The van der Waals surface area contributed by atoms with Crippen LogP contribution in [0.1, 0.15) is 89.2 Å². The Morgan fingerprint density at radius 2 is 1.64 bits per heavy atom. The van der Waals surface area contributed by atoms with Gasteiger partial charge in [0.25, 0.3) is 14.2 Å². The molecule has 1 heterocycles. The Bertz CT molecular complexity index is 1000. The van der Waals surface area contributed by atoms with E-state index in [-0.39, 0.29) is 17.5 Å². The molecule has 2 atom stereocenters. The highest BCUT2D eigenvalue weighted by Gasteiger charge is 2.47. The molecule has 2 aromatic rings. The first-order valence-corrected chi connectivity index (χ1v) is 15.3. The summed E-state index contributed by atoms with van der Waals surface area (Å²) in [7, 11) is -0.657. The fraction of sp³-hybridized carbons (Fsp3) is 0.552. The normalized spacial score (nSPS) is 20.4. The van der Waals surface area contributed by atoms with Gasteiger partial charge in [0.2, 0.25) is 0 Å². The van der Waals surface area contributed by atoms with Gasteiger partial charge in [0, 0.05) is 6.20 Å². The molecule has 1 N–H and O–H groups in total. The van der Waals surface area contributed by atoms with E-state index < -0.39 is 19.8 Å². The summed E-state index contributed by atoms with van der Waals surface area (Å²) in [5.74, 6) is 0.277. The summed E-state index contributed by atoms with van der Waals surface area (Å²) in [5.41, 5.74) is 1.86. The Balaban J connectivity index is 1.82. The number of carbonyl (C=O) groups excluding carboxylic acids is 2. The predicted molar refractivity (Wildman–Crippen MR) is 146 cm³/mol. The summed E-state index contributed by atoms with van der Waals surface area (Å²) in [5, 5.41) is 2.98. The standard InChI is InChI=1S/C29H42N2O4Si/c1-20(2)36(21(3)4,22(5)6)35-25-15-13-23(14-16-25)24-11-10-17-29(19-24,28(33)34-7)31-27(32)26-12-8-9-18-30-26/h8-9,12-16,18,20-22,24H,10-11,17,19H2,1-7H3,(H,31,32)/t24-,29-/m0/s1. The molecule has 6 nitrogen and oxygen atoms in total. The maximum atomic E-state index is 13.0. The van der Waals surface area contributed by atoms with Crippen molar-refractivity contribution in [3.63, 3.8) is 0 Å². The summed E-state index contributed by atoms with van der Waals surface area (Å²) >= 11 is 0. The van der Waals surface area contributed by atoms with E-state index in [4.69, 9.17) is 9.16 Å². The average Bonchev–Trinajstić information content (AvgIpc) is 2.87. The highest BCUT2D eigenvalue weighted by molar-refractivity contribution is 6.78. The molecule has 1 amide bonds. The van der Waals surface area contributed by atoms with Crippen LogP contribution in [0.15, 0.2) is 48.7 Å². The van der Waals surface area contributed by atoms with Crippen LogP contribution in [0.2, 0.25) is 16.6 Å². The molecule has 1 aliphatic carbocycles. The van der Waals surface area contributed by atoms with Crippen molar-refractivity contribution < 1.29 is 18.8 Å². The van der Waals surface area contributed by atoms with Gasteiger partial charge in [-0.25, -0.2) is 4.79 Å². The molecule has 3 rings (SSSR count). The topological polar surface area (TPSA) is 77.5 Å². The molecule has 1 aromatic heterocycles. The van der Waals surface area contributed by atoms with Gasteiger partial charge in [-0.3, -0.25) is 9.78 Å². The van der Waals surface area contributed by atoms with Crippen LogP contribution >= 0.6 is 0 Å². The van der Waals surface area contributed by atoms with Gasteiger partial charge in [0.05, 0.1) is 7.11 Å². The van der Waals surface area contributed by atoms with Crippen molar-refractivity contribution in [2.75, 3.05) is 7.11 Å². The SMILES string of the molecule is COC(=O)[C@]1(NC(=O)c2ccccn2)CCC[C@H](c2ccc(O[Si](C(C)C)(C(C)C)C(C)C)cc2)C1. The minimum absolute atomic E-state index is 0.123. The first kappa shape index (κ1) is 27.9. The highest BCUT2D eigenvalue weighted by atomic mass is 28.4. The zero-order valence-corrected chi connectivity index (χ0v) is 23.8. The van der Waals surface area contributed by atoms with Crippen molar-refractivity contribution >= 4 is 20.2 Å². The largest absolute Gasteiger partial charge is 0.543 e. The quantitative estimate of drug-likeness (QED) is 0.302. The summed E-state index contributed by atoms with van der Waals surface area (Å²) < 4.78 is 12.0. The second-order valence-corrected chi connectivity index (χ2v) is 16.4. The van der Waals surface area contributed by atoms with E-state index in [9.17, 15) is 9.59 Å². The van der Waals surface area contributed by atoms with E-state index in [0.717, 1.165) is 24.2 Å². The minimum atomic E-state index is -2.03. The third-order valence-corrected chi connectivity index (χ3v) is 13.9. The highest BCUT2D eigenvalue weighted by Crippen LogP contribution is 2.44. The molecule has 1 saturated carbocycles. The predicted octanol–water partition coefficient (Wildman–Crippen LogP) is 6.64. The first-order chi connectivity index (χ1) is 17.1. The monoisotopic (exact) mass is 510 g/mol. The van der Waals surface area contributed by atoms with Crippen LogP contribution in [-0.2, 0) is 9.53 Å². The molecule has 196 valence electrons. The molecule has 0 saturated heterocycles. The second kappa shape index (κ2) is 11.6. The number of ether oxygens (including phenoxy) is 1. The summed E-state index contributed by atoms with van der Waals surface area (Å²) in [4.78, 5) is 30.0. The van der Waals surface area contributed by atoms with Gasteiger partial charge in [-0.15, -0.1) is 0 Å². The van der Waals surface area contributed by atoms with Gasteiger partial charge in [-0.2, -0.15) is 0 Å². The fourth-order valence-electron chi connectivity index (χ4n) is 6.25. The molecule has 36 heavy (non-hydrogen) atoms. The summed E-state index contributed by atoms with van der Waals surface area (Å²) in [6.45, 7) is 13.7. The molecule has 1 aliphatic rings. The van der Waals surface area contributed by atoms with Gasteiger partial charge in [0.15, 0.2) is 0 Å². The Labute approximate surface area is 217 Å². The average molecular weight is 511 g/mol. The number of rotatable bonds is 9. The summed E-state index contributed by atoms with van der Waals surface area (Å²) in [6, 6.07) is 13.6. The number of nitrogens with one attached hydrogen (secondary N) is 1. The number of amides is 1. The van der Waals surface area contributed by atoms with Crippen molar-refractivity contribution in [1.82, 2.24) is 10.3 Å². The van der Waals surface area contributed by atoms with Gasteiger partial charge in [-0.1, -0.05) is 59.7 Å². The minimum Gasteiger partial charge on any atom is -0.543 e. The van der Waals surface area contributed by atoms with Gasteiger partial charge < -0.3 is 14.5 Å². The van der Waals surface area contributed by atoms with E-state index in [0.29, 0.717) is 29.5 Å². The third-order valence-electron chi connectivity index (χ3n) is 7.93. The number of esters is 1. The van der Waals surface area contributed by atoms with E-state index in [1.165, 1.54) is 7.11 Å². The molecule has 0 bridgehead atoms. The molecular weight excluding hydrogens is 468 g/mol. The molecule has 1 fully saturated rings. The lowest BCUT2D eigenvalue weighted by Gasteiger charge is -2.42. The van der Waals surface area contributed by atoms with Crippen LogP contribution in [0.3, 0.4) is 0 Å². The maximum Gasteiger partial charge on any atom is 0.331 e. The van der Waals surface area contributed by atoms with E-state index >= 15 is 0 Å². The lowest BCUT2D eigenvalue weighted by molar-refractivity contribution is -0.150. The van der Waals surface area contributed by atoms with Gasteiger partial charge in [0.1, 0.15) is 17.0 Å².